The first-order chi connectivity index (χ1) is 5.61. The van der Waals surface area contributed by atoms with E-state index in [0.717, 1.165) is 0 Å². The molecule has 74 valence electrons. The molecule has 0 unspecified atom stereocenters. The predicted octanol–water partition coefficient (Wildman–Crippen LogP) is 0.686. The van der Waals surface area contributed by atoms with E-state index in [0.29, 0.717) is 17.5 Å². The minimum absolute atomic E-state index is 0.244. The van der Waals surface area contributed by atoms with Crippen molar-refractivity contribution in [2.45, 2.75) is 6.04 Å². The zero-order valence-corrected chi connectivity index (χ0v) is 10.1. The lowest BCUT2D eigenvalue weighted by atomic mass is 10.3. The lowest BCUT2D eigenvalue weighted by molar-refractivity contribution is 0.147. The van der Waals surface area contributed by atoms with Crippen molar-refractivity contribution < 1.29 is 13.6 Å². The molecule has 0 fully saturated rings. The van der Waals surface area contributed by atoms with Crippen LogP contribution in [0.25, 0.3) is 0 Å². The summed E-state index contributed by atoms with van der Waals surface area (Å²) in [6.45, 7) is 0. The highest BCUT2D eigenvalue weighted by molar-refractivity contribution is 7.81. The highest BCUT2D eigenvalue weighted by atomic mass is 32.1. The molecule has 0 amide bonds. The monoisotopic (exact) mass is 228 g/mol. The SMILES string of the molecule is CO[Si](O)(CC(CS)CS)OC. The molecule has 0 aromatic rings. The molecule has 0 heterocycles. The fourth-order valence-electron chi connectivity index (χ4n) is 0.802. The Morgan fingerprint density at radius 1 is 1.25 bits per heavy atom. The Morgan fingerprint density at radius 3 is 1.92 bits per heavy atom. The molecule has 0 aliphatic rings. The van der Waals surface area contributed by atoms with Crippen molar-refractivity contribution in [1.82, 2.24) is 0 Å². The van der Waals surface area contributed by atoms with Crippen molar-refractivity contribution >= 4 is 34.1 Å². The summed E-state index contributed by atoms with van der Waals surface area (Å²) in [5.74, 6) is 1.62. The minimum Gasteiger partial charge on any atom is -0.390 e. The number of hydrogen-bond acceptors (Lipinski definition) is 5. The van der Waals surface area contributed by atoms with Crippen LogP contribution in [0, 0.1) is 5.92 Å². The molecule has 1 N–H and O–H groups in total. The summed E-state index contributed by atoms with van der Waals surface area (Å²) in [7, 11) is 0.0241. The van der Waals surface area contributed by atoms with Crippen LogP contribution in [-0.4, -0.2) is 39.3 Å². The van der Waals surface area contributed by atoms with E-state index in [1.807, 2.05) is 0 Å². The van der Waals surface area contributed by atoms with E-state index >= 15 is 0 Å². The van der Waals surface area contributed by atoms with Gasteiger partial charge in [-0.15, -0.1) is 0 Å². The summed E-state index contributed by atoms with van der Waals surface area (Å²) in [6, 6.07) is 0.521. The lowest BCUT2D eigenvalue weighted by Gasteiger charge is -2.23. The van der Waals surface area contributed by atoms with Crippen LogP contribution in [-0.2, 0) is 8.85 Å². The van der Waals surface area contributed by atoms with E-state index in [4.69, 9.17) is 8.85 Å². The maximum absolute atomic E-state index is 9.69. The van der Waals surface area contributed by atoms with Crippen LogP contribution in [0.2, 0.25) is 6.04 Å². The van der Waals surface area contributed by atoms with E-state index in [1.54, 1.807) is 0 Å². The van der Waals surface area contributed by atoms with Crippen LogP contribution >= 0.6 is 25.3 Å². The van der Waals surface area contributed by atoms with Crippen molar-refractivity contribution in [3.05, 3.63) is 0 Å². The van der Waals surface area contributed by atoms with Gasteiger partial charge in [-0.3, -0.25) is 0 Å². The van der Waals surface area contributed by atoms with Crippen LogP contribution in [0.1, 0.15) is 0 Å². The van der Waals surface area contributed by atoms with Gasteiger partial charge < -0.3 is 13.6 Å². The average molecular weight is 228 g/mol. The van der Waals surface area contributed by atoms with E-state index < -0.39 is 8.80 Å². The third-order valence-electron chi connectivity index (χ3n) is 1.70. The number of rotatable bonds is 6. The molecular formula is C6H16O3S2Si. The molecule has 0 rings (SSSR count). The highest BCUT2D eigenvalue weighted by Gasteiger charge is 2.36. The van der Waals surface area contributed by atoms with Gasteiger partial charge >= 0.3 is 8.80 Å². The summed E-state index contributed by atoms with van der Waals surface area (Å²) in [5, 5.41) is 0. The van der Waals surface area contributed by atoms with Crippen molar-refractivity contribution in [2.75, 3.05) is 25.7 Å². The summed E-state index contributed by atoms with van der Waals surface area (Å²) in [4.78, 5) is 9.69. The first-order valence-electron chi connectivity index (χ1n) is 3.66. The van der Waals surface area contributed by atoms with Crippen LogP contribution in [0.4, 0.5) is 0 Å². The maximum atomic E-state index is 9.69. The van der Waals surface area contributed by atoms with Gasteiger partial charge in [-0.2, -0.15) is 25.3 Å². The van der Waals surface area contributed by atoms with Crippen molar-refractivity contribution in [2.24, 2.45) is 5.92 Å². The van der Waals surface area contributed by atoms with E-state index in [-0.39, 0.29) is 5.92 Å². The standard InChI is InChI=1S/C6H16O3S2Si/c1-8-12(7,9-2)5-6(3-10)4-11/h6-7,10-11H,3-5H2,1-2H3. The fourth-order valence-corrected chi connectivity index (χ4v) is 3.53. The molecule has 0 aliphatic heterocycles. The molecule has 0 bridgehead atoms. The molecule has 0 saturated carbocycles. The Balaban J connectivity index is 3.99. The highest BCUT2D eigenvalue weighted by Crippen LogP contribution is 2.18. The summed E-state index contributed by atoms with van der Waals surface area (Å²) in [5.41, 5.74) is 0. The Hall–Kier alpha value is 0.797. The Kier molecular flexibility index (Phi) is 6.70. The second-order valence-corrected chi connectivity index (χ2v) is 5.94. The molecule has 0 atom stereocenters. The molecule has 3 nitrogen and oxygen atoms in total. The predicted molar refractivity (Wildman–Crippen MR) is 58.0 cm³/mol. The molecule has 6 heteroatoms. The summed E-state index contributed by atoms with van der Waals surface area (Å²) >= 11 is 8.27. The normalized spacial score (nSPS) is 12.5. The Morgan fingerprint density at radius 2 is 1.67 bits per heavy atom. The van der Waals surface area contributed by atoms with Gasteiger partial charge in [0.1, 0.15) is 0 Å². The van der Waals surface area contributed by atoms with E-state index in [2.05, 4.69) is 25.3 Å². The van der Waals surface area contributed by atoms with Gasteiger partial charge in [0.15, 0.2) is 0 Å². The summed E-state index contributed by atoms with van der Waals surface area (Å²) < 4.78 is 9.85. The van der Waals surface area contributed by atoms with Gasteiger partial charge in [-0.25, -0.2) is 0 Å². The molecule has 12 heavy (non-hydrogen) atoms. The van der Waals surface area contributed by atoms with Crippen molar-refractivity contribution in [3.8, 4) is 0 Å². The molecule has 0 aliphatic carbocycles. The van der Waals surface area contributed by atoms with E-state index in [9.17, 15) is 4.80 Å². The third-order valence-corrected chi connectivity index (χ3v) is 5.10. The second kappa shape index (κ2) is 6.28. The van der Waals surface area contributed by atoms with E-state index in [1.165, 1.54) is 14.2 Å². The molecule has 0 saturated heterocycles. The lowest BCUT2D eigenvalue weighted by Crippen LogP contribution is -2.42. The van der Waals surface area contributed by atoms with Crippen molar-refractivity contribution in [1.29, 1.82) is 0 Å². The van der Waals surface area contributed by atoms with Crippen LogP contribution in [0.5, 0.6) is 0 Å². The molecular weight excluding hydrogens is 212 g/mol. The molecule has 0 aromatic carbocycles. The van der Waals surface area contributed by atoms with Gasteiger partial charge in [0.25, 0.3) is 0 Å². The fraction of sp³-hybridized carbons (Fsp3) is 1.00. The average Bonchev–Trinajstić information content (AvgIpc) is 2.14. The maximum Gasteiger partial charge on any atom is 0.498 e. The largest absolute Gasteiger partial charge is 0.498 e. The van der Waals surface area contributed by atoms with Gasteiger partial charge in [0.05, 0.1) is 0 Å². The third kappa shape index (κ3) is 4.15. The minimum atomic E-state index is -2.90. The number of hydrogen-bond donors (Lipinski definition) is 3. The van der Waals surface area contributed by atoms with Gasteiger partial charge in [-0.05, 0) is 17.4 Å². The summed E-state index contributed by atoms with van der Waals surface area (Å²) in [6.07, 6.45) is 0. The van der Waals surface area contributed by atoms with Gasteiger partial charge in [0, 0.05) is 20.3 Å². The Bertz CT molecular complexity index is 117. The van der Waals surface area contributed by atoms with Crippen molar-refractivity contribution in [3.63, 3.8) is 0 Å². The van der Waals surface area contributed by atoms with Gasteiger partial charge in [0.2, 0.25) is 0 Å². The molecule has 0 radical (unpaired) electrons. The Labute approximate surface area is 85.6 Å². The first kappa shape index (κ1) is 12.8. The number of thiol groups is 2. The zero-order chi connectivity index (χ0) is 9.61. The van der Waals surface area contributed by atoms with Crippen LogP contribution in [0.3, 0.4) is 0 Å². The van der Waals surface area contributed by atoms with Crippen LogP contribution in [0.15, 0.2) is 0 Å². The second-order valence-electron chi connectivity index (χ2n) is 2.56. The van der Waals surface area contributed by atoms with Crippen LogP contribution < -0.4 is 0 Å². The van der Waals surface area contributed by atoms with Gasteiger partial charge in [-0.1, -0.05) is 0 Å². The quantitative estimate of drug-likeness (QED) is 0.462. The molecule has 0 aromatic heterocycles. The zero-order valence-electron chi connectivity index (χ0n) is 7.36. The topological polar surface area (TPSA) is 38.7 Å². The smallest absolute Gasteiger partial charge is 0.390 e. The molecule has 0 spiro atoms. The first-order valence-corrected chi connectivity index (χ1v) is 6.89.